The molecule has 5 rings (SSSR count). The van der Waals surface area contributed by atoms with Crippen LogP contribution in [0.15, 0.2) is 59.7 Å². The van der Waals surface area contributed by atoms with Crippen LogP contribution in [0, 0.1) is 23.0 Å². The van der Waals surface area contributed by atoms with E-state index in [9.17, 15) is 13.6 Å². The first-order chi connectivity index (χ1) is 14.5. The van der Waals surface area contributed by atoms with E-state index in [0.29, 0.717) is 27.9 Å². The Labute approximate surface area is 167 Å². The molecule has 0 amide bonds. The SMILES string of the molecule is N#Cc1ccc2ncn(-c3ccc4[nH]c(=O)n(Cc5c(F)cccc5F)c4n3)c2c1. The predicted molar refractivity (Wildman–Crippen MR) is 105 cm³/mol. The van der Waals surface area contributed by atoms with E-state index in [1.54, 1.807) is 41.2 Å². The van der Waals surface area contributed by atoms with Crippen molar-refractivity contribution in [3.8, 4) is 11.9 Å². The topological polar surface area (TPSA) is 92.3 Å². The number of aromatic amines is 1. The molecular formula is C21H12F2N6O. The molecule has 146 valence electrons. The van der Waals surface area contributed by atoms with E-state index in [-0.39, 0.29) is 17.8 Å². The average molecular weight is 402 g/mol. The lowest BCUT2D eigenvalue weighted by Gasteiger charge is -2.08. The van der Waals surface area contributed by atoms with Gasteiger partial charge in [0.15, 0.2) is 5.65 Å². The molecule has 0 bridgehead atoms. The third kappa shape index (κ3) is 2.74. The van der Waals surface area contributed by atoms with Gasteiger partial charge in [0.25, 0.3) is 0 Å². The molecule has 7 nitrogen and oxygen atoms in total. The fourth-order valence-corrected chi connectivity index (χ4v) is 3.40. The number of pyridine rings is 1. The standard InChI is InChI=1S/C21H12F2N6O/c22-14-2-1-3-15(23)13(14)10-28-20-17(26-21(28)30)6-7-19(27-20)29-11-25-16-5-4-12(9-24)8-18(16)29/h1-8,11H,10H2,(H,26,30). The zero-order valence-corrected chi connectivity index (χ0v) is 15.3. The number of nitrogens with one attached hydrogen (secondary N) is 1. The van der Waals surface area contributed by atoms with Crippen LogP contribution in [0.5, 0.6) is 0 Å². The predicted octanol–water partition coefficient (Wildman–Crippen LogP) is 3.26. The van der Waals surface area contributed by atoms with Crippen LogP contribution in [0.1, 0.15) is 11.1 Å². The van der Waals surface area contributed by atoms with Crippen molar-refractivity contribution in [2.75, 3.05) is 0 Å². The molecular weight excluding hydrogens is 390 g/mol. The Kier molecular flexibility index (Phi) is 3.93. The van der Waals surface area contributed by atoms with Crippen molar-refractivity contribution < 1.29 is 8.78 Å². The summed E-state index contributed by atoms with van der Waals surface area (Å²) in [6.07, 6.45) is 1.56. The Morgan fingerprint density at radius 1 is 1.10 bits per heavy atom. The van der Waals surface area contributed by atoms with Crippen molar-refractivity contribution in [1.82, 2.24) is 24.1 Å². The molecule has 0 aliphatic rings. The van der Waals surface area contributed by atoms with Crippen molar-refractivity contribution in [2.45, 2.75) is 6.54 Å². The molecule has 2 aromatic carbocycles. The minimum Gasteiger partial charge on any atom is -0.304 e. The molecule has 0 spiro atoms. The third-order valence-electron chi connectivity index (χ3n) is 4.90. The summed E-state index contributed by atoms with van der Waals surface area (Å²) in [5, 5.41) is 9.16. The highest BCUT2D eigenvalue weighted by Crippen LogP contribution is 2.21. The summed E-state index contributed by atoms with van der Waals surface area (Å²) in [6.45, 7) is -0.308. The zero-order chi connectivity index (χ0) is 20.8. The lowest BCUT2D eigenvalue weighted by molar-refractivity contribution is 0.544. The fourth-order valence-electron chi connectivity index (χ4n) is 3.40. The maximum Gasteiger partial charge on any atom is 0.327 e. The zero-order valence-electron chi connectivity index (χ0n) is 15.3. The van der Waals surface area contributed by atoms with Gasteiger partial charge in [-0.1, -0.05) is 6.07 Å². The van der Waals surface area contributed by atoms with Gasteiger partial charge >= 0.3 is 5.69 Å². The fraction of sp³-hybridized carbons (Fsp3) is 0.0476. The third-order valence-corrected chi connectivity index (χ3v) is 4.90. The van der Waals surface area contributed by atoms with Crippen molar-refractivity contribution in [1.29, 1.82) is 5.26 Å². The quantitative estimate of drug-likeness (QED) is 0.501. The number of aromatic nitrogens is 5. The molecule has 0 aliphatic heterocycles. The van der Waals surface area contributed by atoms with Crippen LogP contribution >= 0.6 is 0 Å². The minimum absolute atomic E-state index is 0.223. The second-order valence-corrected chi connectivity index (χ2v) is 6.69. The molecule has 3 aromatic heterocycles. The number of hydrogen-bond acceptors (Lipinski definition) is 4. The largest absolute Gasteiger partial charge is 0.327 e. The lowest BCUT2D eigenvalue weighted by Crippen LogP contribution is -2.19. The van der Waals surface area contributed by atoms with E-state index in [2.05, 4.69) is 21.0 Å². The molecule has 0 saturated carbocycles. The number of rotatable bonds is 3. The molecule has 0 aliphatic carbocycles. The lowest BCUT2D eigenvalue weighted by atomic mass is 10.2. The minimum atomic E-state index is -0.739. The number of H-pyrrole nitrogens is 1. The van der Waals surface area contributed by atoms with Gasteiger partial charge in [0, 0.05) is 5.56 Å². The van der Waals surface area contributed by atoms with Gasteiger partial charge in [-0.3, -0.25) is 9.13 Å². The smallest absolute Gasteiger partial charge is 0.304 e. The molecule has 0 atom stereocenters. The van der Waals surface area contributed by atoms with Crippen LogP contribution in [-0.4, -0.2) is 24.1 Å². The average Bonchev–Trinajstić information content (AvgIpc) is 3.30. The molecule has 5 aromatic rings. The van der Waals surface area contributed by atoms with E-state index < -0.39 is 17.3 Å². The van der Waals surface area contributed by atoms with E-state index in [4.69, 9.17) is 5.26 Å². The number of nitriles is 1. The highest BCUT2D eigenvalue weighted by Gasteiger charge is 2.16. The molecule has 30 heavy (non-hydrogen) atoms. The van der Waals surface area contributed by atoms with E-state index in [1.165, 1.54) is 10.6 Å². The van der Waals surface area contributed by atoms with Gasteiger partial charge in [-0.05, 0) is 42.5 Å². The van der Waals surface area contributed by atoms with Crippen LogP contribution in [0.4, 0.5) is 8.78 Å². The van der Waals surface area contributed by atoms with Gasteiger partial charge < -0.3 is 4.98 Å². The van der Waals surface area contributed by atoms with Crippen molar-refractivity contribution in [2.24, 2.45) is 0 Å². The number of fused-ring (bicyclic) bond motifs is 2. The summed E-state index contributed by atoms with van der Waals surface area (Å²) in [4.78, 5) is 23.9. The second kappa shape index (κ2) is 6.63. The molecule has 0 unspecified atom stereocenters. The Morgan fingerprint density at radius 3 is 2.67 bits per heavy atom. The van der Waals surface area contributed by atoms with E-state index in [1.807, 2.05) is 0 Å². The van der Waals surface area contributed by atoms with E-state index in [0.717, 1.165) is 12.1 Å². The van der Waals surface area contributed by atoms with Gasteiger partial charge in [-0.15, -0.1) is 0 Å². The second-order valence-electron chi connectivity index (χ2n) is 6.69. The van der Waals surface area contributed by atoms with Gasteiger partial charge in [-0.25, -0.2) is 23.5 Å². The number of hydrogen-bond donors (Lipinski definition) is 1. The summed E-state index contributed by atoms with van der Waals surface area (Å²) in [5.41, 5.74) is 1.75. The number of halogens is 2. The molecule has 9 heteroatoms. The number of benzene rings is 2. The van der Waals surface area contributed by atoms with Crippen molar-refractivity contribution in [3.05, 3.63) is 88.1 Å². The van der Waals surface area contributed by atoms with Crippen molar-refractivity contribution >= 4 is 22.2 Å². The van der Waals surface area contributed by atoms with Crippen molar-refractivity contribution in [3.63, 3.8) is 0 Å². The van der Waals surface area contributed by atoms with Crippen LogP contribution in [0.25, 0.3) is 28.0 Å². The highest BCUT2D eigenvalue weighted by atomic mass is 19.1. The first-order valence-corrected chi connectivity index (χ1v) is 8.95. The van der Waals surface area contributed by atoms with Gasteiger partial charge in [0.1, 0.15) is 23.8 Å². The Bertz CT molecular complexity index is 1520. The Morgan fingerprint density at radius 2 is 1.90 bits per heavy atom. The molecule has 0 saturated heterocycles. The van der Waals surface area contributed by atoms with Crippen LogP contribution in [0.3, 0.4) is 0 Å². The summed E-state index contributed by atoms with van der Waals surface area (Å²) < 4.78 is 31.1. The summed E-state index contributed by atoms with van der Waals surface area (Å²) in [5.74, 6) is -1.03. The highest BCUT2D eigenvalue weighted by molar-refractivity contribution is 5.79. The first-order valence-electron chi connectivity index (χ1n) is 8.95. The van der Waals surface area contributed by atoms with Crippen LogP contribution in [-0.2, 0) is 6.54 Å². The maximum absolute atomic E-state index is 14.1. The summed E-state index contributed by atoms with van der Waals surface area (Å²) in [6, 6.07) is 14.1. The number of imidazole rings is 2. The Balaban J connectivity index is 1.68. The molecule has 0 radical (unpaired) electrons. The van der Waals surface area contributed by atoms with E-state index >= 15 is 0 Å². The van der Waals surface area contributed by atoms with Gasteiger partial charge in [0.05, 0.1) is 34.7 Å². The Hall–Kier alpha value is -4.32. The first kappa shape index (κ1) is 17.8. The van der Waals surface area contributed by atoms with Crippen LogP contribution < -0.4 is 5.69 Å². The normalized spacial score (nSPS) is 11.2. The molecule has 0 fully saturated rings. The maximum atomic E-state index is 14.1. The van der Waals surface area contributed by atoms with Gasteiger partial charge in [0.2, 0.25) is 0 Å². The number of nitrogens with zero attached hydrogens (tertiary/aromatic N) is 5. The monoisotopic (exact) mass is 402 g/mol. The molecule has 1 N–H and O–H groups in total. The summed E-state index contributed by atoms with van der Waals surface area (Å²) in [7, 11) is 0. The summed E-state index contributed by atoms with van der Waals surface area (Å²) >= 11 is 0. The molecule has 3 heterocycles. The van der Waals surface area contributed by atoms with Crippen LogP contribution in [0.2, 0.25) is 0 Å². The van der Waals surface area contributed by atoms with Gasteiger partial charge in [-0.2, -0.15) is 5.26 Å².